The van der Waals surface area contributed by atoms with E-state index in [9.17, 15) is 18.0 Å². The molecule has 0 saturated heterocycles. The predicted octanol–water partition coefficient (Wildman–Crippen LogP) is 4.12. The minimum Gasteiger partial charge on any atom is -0.485 e. The largest absolute Gasteiger partial charge is 0.485 e. The number of hydrogen-bond acceptors (Lipinski definition) is 7. The molecule has 1 N–H and O–H groups in total. The van der Waals surface area contributed by atoms with Crippen molar-refractivity contribution >= 4 is 27.1 Å². The highest BCUT2D eigenvalue weighted by Crippen LogP contribution is 2.60. The number of fused-ring (bicyclic) bond motifs is 1. The van der Waals surface area contributed by atoms with E-state index in [0.717, 1.165) is 23.8 Å². The fourth-order valence-electron chi connectivity index (χ4n) is 7.04. The van der Waals surface area contributed by atoms with E-state index in [4.69, 9.17) is 9.26 Å². The van der Waals surface area contributed by atoms with Gasteiger partial charge in [0, 0.05) is 12.1 Å². The van der Waals surface area contributed by atoms with Crippen molar-refractivity contribution in [3.05, 3.63) is 52.1 Å². The second kappa shape index (κ2) is 8.72. The van der Waals surface area contributed by atoms with Gasteiger partial charge in [-0.3, -0.25) is 9.59 Å². The van der Waals surface area contributed by atoms with Crippen molar-refractivity contribution in [1.29, 1.82) is 0 Å². The first kappa shape index (κ1) is 24.2. The molecule has 37 heavy (non-hydrogen) atoms. The first-order valence-electron chi connectivity index (χ1n) is 12.9. The lowest BCUT2D eigenvalue weighted by Crippen LogP contribution is -2.51. The molecule has 0 aliphatic heterocycles. The summed E-state index contributed by atoms with van der Waals surface area (Å²) in [6, 6.07) is 7.52. The number of hydrogen-bond donors (Lipinski definition) is 1. The Morgan fingerprint density at radius 3 is 2.46 bits per heavy atom. The number of carbonyl (C=O) groups is 1. The summed E-state index contributed by atoms with van der Waals surface area (Å²) in [7, 11) is -3.49. The minimum absolute atomic E-state index is 0.0317. The molecule has 4 aliphatic rings. The molecular weight excluding hydrogens is 494 g/mol. The molecule has 0 spiro atoms. The van der Waals surface area contributed by atoms with Crippen LogP contribution in [0.15, 0.2) is 44.5 Å². The molecule has 196 valence electrons. The van der Waals surface area contributed by atoms with E-state index in [-0.39, 0.29) is 28.7 Å². The highest BCUT2D eigenvalue weighted by Gasteiger charge is 2.54. The number of carbonyl (C=O) groups excluding carboxylic acids is 1. The summed E-state index contributed by atoms with van der Waals surface area (Å²) in [5.41, 5.74) is 0.341. The Morgan fingerprint density at radius 2 is 1.81 bits per heavy atom. The molecule has 0 atom stereocenters. The van der Waals surface area contributed by atoms with E-state index >= 15 is 0 Å². The maximum atomic E-state index is 13.7. The normalized spacial score (nSPS) is 26.5. The zero-order valence-electron chi connectivity index (χ0n) is 21.0. The minimum atomic E-state index is -3.49. The highest BCUT2D eigenvalue weighted by atomic mass is 32.2. The first-order chi connectivity index (χ1) is 17.6. The number of nitrogens with one attached hydrogen (secondary N) is 1. The van der Waals surface area contributed by atoms with Crippen LogP contribution < -0.4 is 15.6 Å². The standard InChI is InChI=1S/C27H31N3O6S/c1-3-37(33,34)21-4-5-23(35-15-20-10-25(31)30-24(28-20)6-16(2)36-30)22(11-21)29-26(32)27-12-17-7-18(13-27)9-19(8-17)14-27/h4-6,10-11,17-19H,3,7-9,12-15H2,1-2H3,(H,29,32). The summed E-state index contributed by atoms with van der Waals surface area (Å²) in [5.74, 6) is 2.61. The van der Waals surface area contributed by atoms with Gasteiger partial charge in [0.2, 0.25) is 5.91 Å². The van der Waals surface area contributed by atoms with Gasteiger partial charge < -0.3 is 14.6 Å². The first-order valence-corrected chi connectivity index (χ1v) is 14.6. The van der Waals surface area contributed by atoms with E-state index in [1.807, 2.05) is 0 Å². The number of anilines is 1. The molecule has 4 bridgehead atoms. The molecule has 9 nitrogen and oxygen atoms in total. The average Bonchev–Trinajstić information content (AvgIpc) is 3.23. The summed E-state index contributed by atoms with van der Waals surface area (Å²) in [6.45, 7) is 3.29. The van der Waals surface area contributed by atoms with Crippen molar-refractivity contribution in [2.45, 2.75) is 63.9 Å². The monoisotopic (exact) mass is 525 g/mol. The van der Waals surface area contributed by atoms with Crippen LogP contribution in [0.3, 0.4) is 0 Å². The van der Waals surface area contributed by atoms with E-state index < -0.39 is 15.3 Å². The molecule has 4 fully saturated rings. The van der Waals surface area contributed by atoms with Crippen LogP contribution in [0.1, 0.15) is 56.9 Å². The Morgan fingerprint density at radius 1 is 1.14 bits per heavy atom. The summed E-state index contributed by atoms with van der Waals surface area (Å²) in [4.78, 5) is 30.7. The van der Waals surface area contributed by atoms with Gasteiger partial charge in [-0.05, 0) is 81.4 Å². The third kappa shape index (κ3) is 4.35. The third-order valence-electron chi connectivity index (χ3n) is 8.36. The molecule has 1 aromatic carbocycles. The van der Waals surface area contributed by atoms with Crippen LogP contribution in [0, 0.1) is 30.1 Å². The molecule has 4 aliphatic carbocycles. The SMILES string of the molecule is CCS(=O)(=O)c1ccc(OCc2cc(=O)n3oc(C)cc3n2)c(NC(=O)C23CC4CC(CC(C4)C2)C3)c1. The van der Waals surface area contributed by atoms with Crippen molar-refractivity contribution in [3.8, 4) is 5.75 Å². The van der Waals surface area contributed by atoms with E-state index in [2.05, 4.69) is 10.3 Å². The smallest absolute Gasteiger partial charge is 0.287 e. The molecule has 1 amide bonds. The van der Waals surface area contributed by atoms with E-state index in [1.54, 1.807) is 26.0 Å². The number of amides is 1. The van der Waals surface area contributed by atoms with Crippen molar-refractivity contribution in [1.82, 2.24) is 9.56 Å². The molecule has 0 radical (unpaired) electrons. The van der Waals surface area contributed by atoms with Gasteiger partial charge >= 0.3 is 0 Å². The predicted molar refractivity (Wildman–Crippen MR) is 136 cm³/mol. The Balaban J connectivity index is 1.29. The fraction of sp³-hybridized carbons (Fsp3) is 0.519. The number of sulfone groups is 1. The van der Waals surface area contributed by atoms with Crippen LogP contribution in [-0.4, -0.2) is 29.6 Å². The maximum absolute atomic E-state index is 13.7. The molecule has 2 aromatic heterocycles. The lowest BCUT2D eigenvalue weighted by molar-refractivity contribution is -0.140. The topological polar surface area (TPSA) is 120 Å². The van der Waals surface area contributed by atoms with Gasteiger partial charge in [0.25, 0.3) is 5.56 Å². The number of benzene rings is 1. The quantitative estimate of drug-likeness (QED) is 0.493. The molecule has 0 unspecified atom stereocenters. The highest BCUT2D eigenvalue weighted by molar-refractivity contribution is 7.91. The van der Waals surface area contributed by atoms with E-state index in [0.29, 0.717) is 46.3 Å². The number of ether oxygens (including phenoxy) is 1. The number of aryl methyl sites for hydroxylation is 1. The summed E-state index contributed by atoms with van der Waals surface area (Å²) in [6.07, 6.45) is 6.35. The van der Waals surface area contributed by atoms with Crippen LogP contribution in [0.5, 0.6) is 5.75 Å². The molecular formula is C27H31N3O6S. The molecule has 7 rings (SSSR count). The second-order valence-corrected chi connectivity index (χ2v) is 13.4. The van der Waals surface area contributed by atoms with Gasteiger partial charge in [-0.2, -0.15) is 0 Å². The molecule has 4 saturated carbocycles. The van der Waals surface area contributed by atoms with Crippen LogP contribution in [0.25, 0.3) is 5.65 Å². The Hall–Kier alpha value is -3.14. The number of rotatable bonds is 7. The Kier molecular flexibility index (Phi) is 5.70. The van der Waals surface area contributed by atoms with E-state index in [1.165, 1.54) is 37.5 Å². The Labute approximate surface area is 215 Å². The van der Waals surface area contributed by atoms with Gasteiger partial charge in [0.05, 0.1) is 27.4 Å². The van der Waals surface area contributed by atoms with Gasteiger partial charge in [-0.15, -0.1) is 4.57 Å². The summed E-state index contributed by atoms with van der Waals surface area (Å²) < 4.78 is 37.7. The lowest BCUT2D eigenvalue weighted by atomic mass is 9.49. The van der Waals surface area contributed by atoms with Gasteiger partial charge in [-0.1, -0.05) is 6.92 Å². The van der Waals surface area contributed by atoms with Crippen LogP contribution in [0.2, 0.25) is 0 Å². The maximum Gasteiger partial charge on any atom is 0.287 e. The Bertz CT molecular complexity index is 1520. The second-order valence-electron chi connectivity index (χ2n) is 11.1. The van der Waals surface area contributed by atoms with Crippen molar-refractivity contribution < 1.29 is 22.5 Å². The molecule has 2 heterocycles. The van der Waals surface area contributed by atoms with Gasteiger partial charge in [-0.25, -0.2) is 13.4 Å². The van der Waals surface area contributed by atoms with Gasteiger partial charge in [0.1, 0.15) is 18.1 Å². The third-order valence-corrected chi connectivity index (χ3v) is 10.1. The number of aromatic nitrogens is 2. The summed E-state index contributed by atoms with van der Waals surface area (Å²) >= 11 is 0. The summed E-state index contributed by atoms with van der Waals surface area (Å²) in [5, 5.41) is 3.06. The fourth-order valence-corrected chi connectivity index (χ4v) is 7.94. The molecule has 3 aromatic rings. The van der Waals surface area contributed by atoms with Crippen molar-refractivity contribution in [2.24, 2.45) is 23.2 Å². The van der Waals surface area contributed by atoms with Crippen LogP contribution in [0.4, 0.5) is 5.69 Å². The van der Waals surface area contributed by atoms with Crippen molar-refractivity contribution in [3.63, 3.8) is 0 Å². The van der Waals surface area contributed by atoms with Crippen LogP contribution >= 0.6 is 0 Å². The average molecular weight is 526 g/mol. The number of nitrogens with zero attached hydrogens (tertiary/aromatic N) is 2. The zero-order chi connectivity index (χ0) is 25.9. The lowest BCUT2D eigenvalue weighted by Gasteiger charge is -2.55. The van der Waals surface area contributed by atoms with Crippen molar-refractivity contribution in [2.75, 3.05) is 11.1 Å². The zero-order valence-corrected chi connectivity index (χ0v) is 21.8. The van der Waals surface area contributed by atoms with Gasteiger partial charge in [0.15, 0.2) is 15.5 Å². The van der Waals surface area contributed by atoms with Crippen LogP contribution in [-0.2, 0) is 21.2 Å². The molecule has 10 heteroatoms.